The fourth-order valence-electron chi connectivity index (χ4n) is 8.87. The van der Waals surface area contributed by atoms with Crippen molar-refractivity contribution in [2.24, 2.45) is 0 Å². The molecular weight excluding hydrogens is 741 g/mol. The van der Waals surface area contributed by atoms with E-state index < -0.39 is 20.2 Å². The molecule has 1 saturated heterocycles. The molecule has 12 heteroatoms. The third kappa shape index (κ3) is 10.8. The molecule has 3 aromatic rings. The number of anilines is 1. The Morgan fingerprint density at radius 1 is 0.895 bits per heavy atom. The fourth-order valence-corrected chi connectivity index (χ4v) is 14.4. The van der Waals surface area contributed by atoms with Crippen molar-refractivity contribution < 1.29 is 42.7 Å². The van der Waals surface area contributed by atoms with E-state index in [1.807, 2.05) is 48.5 Å². The average Bonchev–Trinajstić information content (AvgIpc) is 3.20. The number of likely N-dealkylation sites (tertiary alicyclic amines) is 1. The van der Waals surface area contributed by atoms with Gasteiger partial charge in [0.15, 0.2) is 5.79 Å². The SMILES string of the molecule is COCCCN1CCOc2ccc(COC3(O[Si](C(C)C)(C(C)C)C(C)C)CN(C(=O)O)CCC3c3ccc(OCCCOCc4ccccc4OC)cc3)cc21. The number of carboxylic acid groups (broad SMARTS) is 1. The molecule has 2 heterocycles. The lowest BCUT2D eigenvalue weighted by atomic mass is 9.84. The lowest BCUT2D eigenvalue weighted by Crippen LogP contribution is -2.64. The van der Waals surface area contributed by atoms with Crippen LogP contribution in [-0.2, 0) is 31.9 Å². The molecule has 1 fully saturated rings. The van der Waals surface area contributed by atoms with Crippen molar-refractivity contribution >= 4 is 20.1 Å². The Hall–Kier alpha value is -3.81. The van der Waals surface area contributed by atoms with Crippen LogP contribution in [0.25, 0.3) is 0 Å². The van der Waals surface area contributed by atoms with Crippen molar-refractivity contribution in [1.82, 2.24) is 4.90 Å². The third-order valence-electron chi connectivity index (χ3n) is 11.6. The van der Waals surface area contributed by atoms with Gasteiger partial charge in [0.05, 0.1) is 52.3 Å². The van der Waals surface area contributed by atoms with Crippen LogP contribution in [-0.4, -0.2) is 97.0 Å². The van der Waals surface area contributed by atoms with E-state index in [0.717, 1.165) is 65.6 Å². The second-order valence-corrected chi connectivity index (χ2v) is 21.6. The Morgan fingerprint density at radius 3 is 2.32 bits per heavy atom. The molecule has 0 bridgehead atoms. The summed E-state index contributed by atoms with van der Waals surface area (Å²) in [7, 11) is 0.783. The summed E-state index contributed by atoms with van der Waals surface area (Å²) in [4.78, 5) is 16.5. The molecule has 2 unspecified atom stereocenters. The predicted octanol–water partition coefficient (Wildman–Crippen LogP) is 9.49. The quantitative estimate of drug-likeness (QED) is 0.0636. The van der Waals surface area contributed by atoms with Gasteiger partial charge in [-0.05, 0) is 70.9 Å². The van der Waals surface area contributed by atoms with Crippen molar-refractivity contribution in [2.75, 3.05) is 71.7 Å². The highest BCUT2D eigenvalue weighted by Crippen LogP contribution is 2.50. The smallest absolute Gasteiger partial charge is 0.407 e. The molecule has 2 atom stereocenters. The highest BCUT2D eigenvalue weighted by Gasteiger charge is 2.56. The number of nitrogens with zero attached hydrogens (tertiary/aromatic N) is 2. The molecule has 11 nitrogen and oxygen atoms in total. The molecule has 5 rings (SSSR count). The summed E-state index contributed by atoms with van der Waals surface area (Å²) >= 11 is 0. The van der Waals surface area contributed by atoms with Gasteiger partial charge in [-0.15, -0.1) is 0 Å². The van der Waals surface area contributed by atoms with Gasteiger partial charge in [-0.3, -0.25) is 0 Å². The van der Waals surface area contributed by atoms with Gasteiger partial charge in [-0.1, -0.05) is 77.9 Å². The van der Waals surface area contributed by atoms with Crippen molar-refractivity contribution in [2.45, 2.75) is 102 Å². The number of benzene rings is 3. The number of carbonyl (C=O) groups is 1. The molecule has 0 aromatic heterocycles. The Bertz CT molecular complexity index is 1680. The molecule has 2 aliphatic heterocycles. The van der Waals surface area contributed by atoms with E-state index in [-0.39, 0.29) is 35.7 Å². The number of rotatable bonds is 21. The summed E-state index contributed by atoms with van der Waals surface area (Å²) in [5.41, 5.74) is 4.85. The zero-order valence-electron chi connectivity index (χ0n) is 35.5. The molecule has 0 saturated carbocycles. The van der Waals surface area contributed by atoms with Crippen molar-refractivity contribution in [3.05, 3.63) is 83.4 Å². The summed E-state index contributed by atoms with van der Waals surface area (Å²) in [5, 5.41) is 10.4. The highest BCUT2D eigenvalue weighted by atomic mass is 28.4. The van der Waals surface area contributed by atoms with E-state index in [1.165, 1.54) is 4.90 Å². The van der Waals surface area contributed by atoms with Crippen LogP contribution in [0.5, 0.6) is 17.2 Å². The first-order valence-corrected chi connectivity index (χ1v) is 22.8. The van der Waals surface area contributed by atoms with E-state index in [4.69, 9.17) is 32.8 Å². The molecule has 0 radical (unpaired) electrons. The van der Waals surface area contributed by atoms with Gasteiger partial charge in [-0.2, -0.15) is 0 Å². The Morgan fingerprint density at radius 2 is 1.63 bits per heavy atom. The number of piperidine rings is 1. The van der Waals surface area contributed by atoms with Crippen molar-refractivity contribution in [3.8, 4) is 17.2 Å². The number of para-hydroxylation sites is 1. The van der Waals surface area contributed by atoms with Crippen LogP contribution in [0.3, 0.4) is 0 Å². The van der Waals surface area contributed by atoms with Crippen LogP contribution >= 0.6 is 0 Å². The maximum absolute atomic E-state index is 12.7. The van der Waals surface area contributed by atoms with E-state index in [2.05, 4.69) is 64.6 Å². The van der Waals surface area contributed by atoms with E-state index >= 15 is 0 Å². The number of amides is 1. The summed E-state index contributed by atoms with van der Waals surface area (Å²) in [6, 6.07) is 22.3. The maximum atomic E-state index is 12.7. The van der Waals surface area contributed by atoms with Crippen LogP contribution in [0.4, 0.5) is 10.5 Å². The summed E-state index contributed by atoms with van der Waals surface area (Å²) in [5.74, 6) is 0.991. The second kappa shape index (κ2) is 20.7. The Balaban J connectivity index is 1.39. The van der Waals surface area contributed by atoms with Gasteiger partial charge in [-0.25, -0.2) is 4.79 Å². The van der Waals surface area contributed by atoms with Gasteiger partial charge in [0.25, 0.3) is 0 Å². The Kier molecular flexibility index (Phi) is 16.1. The number of fused-ring (bicyclic) bond motifs is 1. The molecule has 3 aromatic carbocycles. The van der Waals surface area contributed by atoms with Gasteiger partial charge < -0.3 is 47.8 Å². The third-order valence-corrected chi connectivity index (χ3v) is 17.7. The number of methoxy groups -OCH3 is 2. The van der Waals surface area contributed by atoms with E-state index in [0.29, 0.717) is 46.0 Å². The molecule has 57 heavy (non-hydrogen) atoms. The minimum absolute atomic E-state index is 0.109. The average molecular weight is 807 g/mol. The number of ether oxygens (including phenoxy) is 6. The van der Waals surface area contributed by atoms with Gasteiger partial charge in [0, 0.05) is 44.7 Å². The zero-order chi connectivity index (χ0) is 41.0. The van der Waals surface area contributed by atoms with Crippen LogP contribution in [0, 0.1) is 0 Å². The molecule has 2 aliphatic rings. The first kappa shape index (κ1) is 44.3. The van der Waals surface area contributed by atoms with Crippen LogP contribution < -0.4 is 19.1 Å². The van der Waals surface area contributed by atoms with Crippen LogP contribution in [0.1, 0.15) is 83.4 Å². The van der Waals surface area contributed by atoms with Crippen LogP contribution in [0.15, 0.2) is 66.7 Å². The van der Waals surface area contributed by atoms with E-state index in [1.54, 1.807) is 14.2 Å². The molecule has 0 aliphatic carbocycles. The molecule has 1 N–H and O–H groups in total. The lowest BCUT2D eigenvalue weighted by Gasteiger charge is -2.54. The maximum Gasteiger partial charge on any atom is 0.407 e. The summed E-state index contributed by atoms with van der Waals surface area (Å²) < 4.78 is 43.7. The van der Waals surface area contributed by atoms with E-state index in [9.17, 15) is 9.90 Å². The second-order valence-electron chi connectivity index (χ2n) is 16.2. The minimum Gasteiger partial charge on any atom is -0.496 e. The predicted molar refractivity (Wildman–Crippen MR) is 226 cm³/mol. The van der Waals surface area contributed by atoms with Crippen LogP contribution in [0.2, 0.25) is 16.6 Å². The minimum atomic E-state index is -2.61. The number of hydrogen-bond donors (Lipinski definition) is 1. The van der Waals surface area contributed by atoms with Crippen molar-refractivity contribution in [3.63, 3.8) is 0 Å². The lowest BCUT2D eigenvalue weighted by molar-refractivity contribution is -0.235. The first-order chi connectivity index (χ1) is 27.4. The largest absolute Gasteiger partial charge is 0.496 e. The Labute approximate surface area is 341 Å². The monoisotopic (exact) mass is 806 g/mol. The molecule has 0 spiro atoms. The summed E-state index contributed by atoms with van der Waals surface area (Å²) in [6.45, 7) is 18.8. The molecule has 1 amide bonds. The highest BCUT2D eigenvalue weighted by molar-refractivity contribution is 6.77. The fraction of sp³-hybridized carbons (Fsp3) is 0.578. The van der Waals surface area contributed by atoms with Gasteiger partial charge in [0.2, 0.25) is 8.32 Å². The summed E-state index contributed by atoms with van der Waals surface area (Å²) in [6.07, 6.45) is 1.24. The number of hydrogen-bond acceptors (Lipinski definition) is 9. The van der Waals surface area contributed by atoms with Crippen molar-refractivity contribution in [1.29, 1.82) is 0 Å². The van der Waals surface area contributed by atoms with Gasteiger partial charge >= 0.3 is 6.09 Å². The normalized spacial score (nSPS) is 18.5. The molecule has 314 valence electrons. The molecular formula is C45H66N2O9Si. The first-order valence-electron chi connectivity index (χ1n) is 20.7. The topological polar surface area (TPSA) is 108 Å². The zero-order valence-corrected chi connectivity index (χ0v) is 36.5. The standard InChI is InChI=1S/C45H66N2O9Si/c1-33(2)57(34(3)4,35(5)6)56-45(55-30-36-15-20-43-41(29-36)46(24-28-54-43)22-11-25-50-7)32-47(44(48)49)23-21-40(45)37-16-18-39(19-17-37)53-27-12-26-52-31-38-13-9-10-14-42(38)51-8/h9-10,13-20,29,33-35,40H,11-12,21-28,30-32H2,1-8H3,(H,48,49). The van der Waals surface area contributed by atoms with Gasteiger partial charge in [0.1, 0.15) is 23.9 Å².